The predicted molar refractivity (Wildman–Crippen MR) is 92.7 cm³/mol. The summed E-state index contributed by atoms with van der Waals surface area (Å²) in [4.78, 5) is 28.6. The highest BCUT2D eigenvalue weighted by Crippen LogP contribution is 2.23. The standard InChI is InChI=1S/C16H14ClN3O3S/c1-3-4-14-18-16-20(19-14)15(22)13(24-16)8-10-7-11(17)5-6-12(10)23-9(2)21/h5-8H,3-4H2,1-2H3/b13-8-. The second-order valence-electron chi connectivity index (χ2n) is 5.16. The fourth-order valence-corrected chi connectivity index (χ4v) is 3.32. The molecule has 3 aromatic rings. The molecule has 124 valence electrons. The molecule has 0 unspecified atom stereocenters. The molecule has 0 atom stereocenters. The minimum absolute atomic E-state index is 0.251. The summed E-state index contributed by atoms with van der Waals surface area (Å²) in [7, 11) is 0. The Morgan fingerprint density at radius 2 is 2.25 bits per heavy atom. The molecule has 0 aliphatic rings. The number of halogens is 1. The highest BCUT2D eigenvalue weighted by Gasteiger charge is 2.11. The van der Waals surface area contributed by atoms with Crippen molar-refractivity contribution in [3.63, 3.8) is 0 Å². The summed E-state index contributed by atoms with van der Waals surface area (Å²) in [5.41, 5.74) is 0.298. The lowest BCUT2D eigenvalue weighted by Gasteiger charge is -2.05. The quantitative estimate of drug-likeness (QED) is 0.525. The van der Waals surface area contributed by atoms with Gasteiger partial charge in [-0.15, -0.1) is 5.10 Å². The highest BCUT2D eigenvalue weighted by atomic mass is 35.5. The van der Waals surface area contributed by atoms with Crippen molar-refractivity contribution in [1.29, 1.82) is 0 Å². The maximum absolute atomic E-state index is 12.5. The molecule has 3 rings (SSSR count). The van der Waals surface area contributed by atoms with Crippen molar-refractivity contribution in [2.75, 3.05) is 0 Å². The van der Waals surface area contributed by atoms with Crippen LogP contribution < -0.4 is 14.8 Å². The van der Waals surface area contributed by atoms with Crippen LogP contribution >= 0.6 is 22.9 Å². The van der Waals surface area contributed by atoms with Gasteiger partial charge in [-0.3, -0.25) is 9.59 Å². The number of rotatable bonds is 4. The van der Waals surface area contributed by atoms with Crippen molar-refractivity contribution in [3.05, 3.63) is 49.5 Å². The maximum atomic E-state index is 12.5. The largest absolute Gasteiger partial charge is 0.426 e. The van der Waals surface area contributed by atoms with Crippen LogP contribution in [0.1, 0.15) is 31.7 Å². The van der Waals surface area contributed by atoms with E-state index in [9.17, 15) is 9.59 Å². The molecule has 0 fully saturated rings. The predicted octanol–water partition coefficient (Wildman–Crippen LogP) is 2.23. The first-order valence-electron chi connectivity index (χ1n) is 7.36. The zero-order valence-electron chi connectivity index (χ0n) is 13.1. The van der Waals surface area contributed by atoms with Crippen LogP contribution in [0.5, 0.6) is 5.75 Å². The third-order valence-corrected chi connectivity index (χ3v) is 4.41. The summed E-state index contributed by atoms with van der Waals surface area (Å²) in [5.74, 6) is 0.564. The van der Waals surface area contributed by atoms with E-state index in [1.807, 2.05) is 6.92 Å². The van der Waals surface area contributed by atoms with Crippen LogP contribution in [0.4, 0.5) is 0 Å². The Morgan fingerprint density at radius 3 is 2.92 bits per heavy atom. The van der Waals surface area contributed by atoms with Gasteiger partial charge >= 0.3 is 5.97 Å². The van der Waals surface area contributed by atoms with Crippen LogP contribution in [-0.2, 0) is 11.2 Å². The first-order valence-corrected chi connectivity index (χ1v) is 8.55. The van der Waals surface area contributed by atoms with Gasteiger partial charge in [0.15, 0.2) is 5.82 Å². The number of fused-ring (bicyclic) bond motifs is 1. The van der Waals surface area contributed by atoms with Gasteiger partial charge in [0.25, 0.3) is 5.56 Å². The highest BCUT2D eigenvalue weighted by molar-refractivity contribution is 7.15. The minimum Gasteiger partial charge on any atom is -0.426 e. The van der Waals surface area contributed by atoms with Crippen LogP contribution in [0.2, 0.25) is 5.02 Å². The summed E-state index contributed by atoms with van der Waals surface area (Å²) in [6.07, 6.45) is 3.28. The fraction of sp³-hybridized carbons (Fsp3) is 0.250. The summed E-state index contributed by atoms with van der Waals surface area (Å²) < 4.78 is 6.91. The molecule has 0 N–H and O–H groups in total. The Kier molecular flexibility index (Phi) is 4.64. The summed E-state index contributed by atoms with van der Waals surface area (Å²) in [5, 5.41) is 4.71. The number of thiazole rings is 1. The monoisotopic (exact) mass is 363 g/mol. The van der Waals surface area contributed by atoms with Crippen molar-refractivity contribution in [2.24, 2.45) is 0 Å². The summed E-state index contributed by atoms with van der Waals surface area (Å²) >= 11 is 7.24. The SMILES string of the molecule is CCCc1nc2s/c(=C\c3cc(Cl)ccc3OC(C)=O)c(=O)n2n1. The van der Waals surface area contributed by atoms with Gasteiger partial charge in [0.2, 0.25) is 4.96 Å². The molecule has 2 heterocycles. The maximum Gasteiger partial charge on any atom is 0.308 e. The molecule has 2 aromatic heterocycles. The van der Waals surface area contributed by atoms with E-state index in [4.69, 9.17) is 16.3 Å². The number of aromatic nitrogens is 3. The molecular formula is C16H14ClN3O3S. The summed E-state index contributed by atoms with van der Waals surface area (Å²) in [6.45, 7) is 3.35. The summed E-state index contributed by atoms with van der Waals surface area (Å²) in [6, 6.07) is 4.85. The molecule has 0 radical (unpaired) electrons. The lowest BCUT2D eigenvalue weighted by Crippen LogP contribution is -2.24. The zero-order chi connectivity index (χ0) is 17.3. The Bertz CT molecular complexity index is 1030. The number of hydrogen-bond acceptors (Lipinski definition) is 6. The Morgan fingerprint density at radius 1 is 1.46 bits per heavy atom. The van der Waals surface area contributed by atoms with Gasteiger partial charge in [-0.1, -0.05) is 29.9 Å². The Balaban J connectivity index is 2.11. The minimum atomic E-state index is -0.443. The van der Waals surface area contributed by atoms with E-state index in [1.54, 1.807) is 24.3 Å². The number of ether oxygens (including phenoxy) is 1. The smallest absolute Gasteiger partial charge is 0.308 e. The zero-order valence-corrected chi connectivity index (χ0v) is 14.6. The second-order valence-corrected chi connectivity index (χ2v) is 6.61. The van der Waals surface area contributed by atoms with Crippen LogP contribution in [0.3, 0.4) is 0 Å². The number of benzene rings is 1. The van der Waals surface area contributed by atoms with Crippen molar-refractivity contribution in [3.8, 4) is 5.75 Å². The molecular weight excluding hydrogens is 350 g/mol. The van der Waals surface area contributed by atoms with Crippen LogP contribution in [-0.4, -0.2) is 20.6 Å². The lowest BCUT2D eigenvalue weighted by atomic mass is 10.2. The number of esters is 1. The molecule has 0 saturated heterocycles. The number of carbonyl (C=O) groups is 1. The molecule has 0 amide bonds. The second kappa shape index (κ2) is 6.70. The van der Waals surface area contributed by atoms with E-state index in [0.29, 0.717) is 31.7 Å². The van der Waals surface area contributed by atoms with Gasteiger partial charge in [0.1, 0.15) is 5.75 Å². The molecule has 24 heavy (non-hydrogen) atoms. The van der Waals surface area contributed by atoms with Crippen molar-refractivity contribution < 1.29 is 9.53 Å². The lowest BCUT2D eigenvalue weighted by molar-refractivity contribution is -0.131. The first kappa shape index (κ1) is 16.6. The average molecular weight is 364 g/mol. The van der Waals surface area contributed by atoms with Crippen molar-refractivity contribution in [2.45, 2.75) is 26.7 Å². The van der Waals surface area contributed by atoms with Gasteiger partial charge in [-0.05, 0) is 30.7 Å². The molecule has 0 aliphatic heterocycles. The molecule has 0 bridgehead atoms. The fourth-order valence-electron chi connectivity index (χ4n) is 2.22. The number of hydrogen-bond donors (Lipinski definition) is 0. The van der Waals surface area contributed by atoms with Crippen LogP contribution in [0, 0.1) is 0 Å². The van der Waals surface area contributed by atoms with E-state index in [-0.39, 0.29) is 5.56 Å². The van der Waals surface area contributed by atoms with Crippen molar-refractivity contribution in [1.82, 2.24) is 14.6 Å². The van der Waals surface area contributed by atoms with E-state index in [0.717, 1.165) is 12.8 Å². The number of nitrogens with zero attached hydrogens (tertiary/aromatic N) is 3. The normalized spacial score (nSPS) is 12.0. The number of carbonyl (C=O) groups excluding carboxylic acids is 1. The molecule has 8 heteroatoms. The van der Waals surface area contributed by atoms with Crippen LogP contribution in [0.15, 0.2) is 23.0 Å². The van der Waals surface area contributed by atoms with Gasteiger partial charge in [-0.2, -0.15) is 4.52 Å². The van der Waals surface area contributed by atoms with Gasteiger partial charge < -0.3 is 4.74 Å². The average Bonchev–Trinajstić information content (AvgIpc) is 3.02. The molecule has 0 spiro atoms. The Labute approximate surface area is 146 Å². The van der Waals surface area contributed by atoms with E-state index < -0.39 is 5.97 Å². The van der Waals surface area contributed by atoms with Gasteiger partial charge in [0, 0.05) is 23.9 Å². The topological polar surface area (TPSA) is 73.6 Å². The van der Waals surface area contributed by atoms with E-state index >= 15 is 0 Å². The van der Waals surface area contributed by atoms with E-state index in [1.165, 1.54) is 22.8 Å². The molecule has 6 nitrogen and oxygen atoms in total. The third-order valence-electron chi connectivity index (χ3n) is 3.21. The third kappa shape index (κ3) is 3.32. The number of aryl methyl sites for hydroxylation is 1. The molecule has 0 saturated carbocycles. The Hall–Kier alpha value is -2.25. The van der Waals surface area contributed by atoms with Gasteiger partial charge in [0.05, 0.1) is 4.53 Å². The molecule has 0 aliphatic carbocycles. The molecule has 1 aromatic carbocycles. The van der Waals surface area contributed by atoms with Crippen LogP contribution in [0.25, 0.3) is 11.0 Å². The first-order chi connectivity index (χ1) is 11.5. The van der Waals surface area contributed by atoms with E-state index in [2.05, 4.69) is 10.1 Å². The van der Waals surface area contributed by atoms with Crippen molar-refractivity contribution >= 4 is 39.9 Å². The van der Waals surface area contributed by atoms with Gasteiger partial charge in [-0.25, -0.2) is 4.98 Å².